The molecule has 3 atom stereocenters. The van der Waals surface area contributed by atoms with Gasteiger partial charge in [-0.05, 0) is 69.1 Å². The van der Waals surface area contributed by atoms with Gasteiger partial charge in [0.2, 0.25) is 5.91 Å². The summed E-state index contributed by atoms with van der Waals surface area (Å²) in [5, 5.41) is 0.720. The van der Waals surface area contributed by atoms with Crippen molar-refractivity contribution >= 4 is 39.5 Å². The smallest absolute Gasteiger partial charge is 0.305 e. The number of benzene rings is 1. The summed E-state index contributed by atoms with van der Waals surface area (Å²) < 4.78 is 31.0. The monoisotopic (exact) mass is 575 g/mol. The molecular formula is C30H43N2O5S2-. The van der Waals surface area contributed by atoms with Gasteiger partial charge in [-0.25, -0.2) is 0 Å². The van der Waals surface area contributed by atoms with Gasteiger partial charge in [0.15, 0.2) is 0 Å². The molecule has 7 nitrogen and oxygen atoms in total. The van der Waals surface area contributed by atoms with E-state index in [-0.39, 0.29) is 23.8 Å². The predicted octanol–water partition coefficient (Wildman–Crippen LogP) is 6.48. The fraction of sp³-hybridized carbons (Fsp3) is 0.600. The average molecular weight is 576 g/mol. The molecule has 0 radical (unpaired) electrons. The van der Waals surface area contributed by atoms with E-state index in [2.05, 4.69) is 19.9 Å². The fourth-order valence-corrected chi connectivity index (χ4v) is 7.93. The lowest BCUT2D eigenvalue weighted by molar-refractivity contribution is -0.144. The van der Waals surface area contributed by atoms with Gasteiger partial charge >= 0.3 is 5.97 Å². The van der Waals surface area contributed by atoms with Crippen molar-refractivity contribution in [2.75, 3.05) is 11.4 Å². The lowest BCUT2D eigenvalue weighted by Gasteiger charge is -2.39. The Kier molecular flexibility index (Phi) is 10.8. The van der Waals surface area contributed by atoms with Crippen molar-refractivity contribution in [2.24, 2.45) is 11.8 Å². The van der Waals surface area contributed by atoms with Gasteiger partial charge in [-0.3, -0.25) is 18.1 Å². The number of anilines is 1. The highest BCUT2D eigenvalue weighted by atomic mass is 32.2. The number of amides is 1. The zero-order valence-electron chi connectivity index (χ0n) is 24.3. The van der Waals surface area contributed by atoms with Crippen molar-refractivity contribution < 1.29 is 23.1 Å². The molecule has 1 aromatic carbocycles. The molecule has 1 aliphatic carbocycles. The number of esters is 1. The molecule has 0 N–H and O–H groups in total. The van der Waals surface area contributed by atoms with Gasteiger partial charge in [0.25, 0.3) is 0 Å². The molecule has 1 aliphatic rings. The van der Waals surface area contributed by atoms with Crippen LogP contribution in [0.2, 0.25) is 0 Å². The van der Waals surface area contributed by atoms with Crippen LogP contribution in [0.15, 0.2) is 30.3 Å². The number of hydrogen-bond donors (Lipinski definition) is 0. The Morgan fingerprint density at radius 2 is 1.79 bits per heavy atom. The molecule has 0 bridgehead atoms. The predicted molar refractivity (Wildman–Crippen MR) is 158 cm³/mol. The van der Waals surface area contributed by atoms with E-state index in [1.807, 2.05) is 49.9 Å². The first-order chi connectivity index (χ1) is 18.3. The minimum Gasteiger partial charge on any atom is -0.755 e. The van der Waals surface area contributed by atoms with Crippen molar-refractivity contribution in [3.8, 4) is 11.1 Å². The van der Waals surface area contributed by atoms with Crippen LogP contribution in [0.1, 0.15) is 84.1 Å². The highest BCUT2D eigenvalue weighted by Gasteiger charge is 2.33. The summed E-state index contributed by atoms with van der Waals surface area (Å²) in [5.41, 5.74) is 2.23. The van der Waals surface area contributed by atoms with E-state index in [0.29, 0.717) is 18.9 Å². The third-order valence-corrected chi connectivity index (χ3v) is 9.55. The van der Waals surface area contributed by atoms with E-state index in [1.165, 1.54) is 22.8 Å². The number of hydrogen-bond acceptors (Lipinski definition) is 6. The van der Waals surface area contributed by atoms with Crippen LogP contribution in [0.3, 0.4) is 0 Å². The Morgan fingerprint density at radius 1 is 1.15 bits per heavy atom. The standard InChI is InChI=1S/C30H44N2O5S2/c1-20(2)16-25-18-26(29(38-25)32(39(35)36)30(4,5)6)23-14-12-22(13-15-23)19-31(21(3)33)27-11-9-8-10-24(27)17-28(34)37-7/h12-15,18,20,24,27H,8-11,16-17,19H2,1-7H3,(H,35,36)/p-1/t24?,27-/m0/s1. The topological polar surface area (TPSA) is 90.0 Å². The number of methoxy groups -OCH3 is 1. The average Bonchev–Trinajstić information content (AvgIpc) is 3.23. The first-order valence-electron chi connectivity index (χ1n) is 13.8. The Bertz CT molecular complexity index is 1150. The quantitative estimate of drug-likeness (QED) is 0.239. The van der Waals surface area contributed by atoms with Crippen LogP contribution in [0.25, 0.3) is 11.1 Å². The van der Waals surface area contributed by atoms with Gasteiger partial charge in [-0.1, -0.05) is 51.0 Å². The summed E-state index contributed by atoms with van der Waals surface area (Å²) >= 11 is -0.887. The number of thiophene rings is 1. The van der Waals surface area contributed by atoms with Crippen LogP contribution in [0, 0.1) is 11.8 Å². The Labute approximate surface area is 240 Å². The number of carbonyl (C=O) groups excluding carboxylic acids is 2. The van der Waals surface area contributed by atoms with E-state index in [1.54, 1.807) is 6.92 Å². The van der Waals surface area contributed by atoms with Gasteiger partial charge in [-0.2, -0.15) is 0 Å². The first kappa shape index (κ1) is 31.3. The molecule has 3 rings (SSSR count). The molecule has 216 valence electrons. The number of rotatable bonds is 10. The van der Waals surface area contributed by atoms with Crippen LogP contribution in [0.5, 0.6) is 0 Å². The highest BCUT2D eigenvalue weighted by molar-refractivity contribution is 7.81. The van der Waals surface area contributed by atoms with Crippen LogP contribution >= 0.6 is 11.3 Å². The second-order valence-corrected chi connectivity index (χ2v) is 13.9. The summed E-state index contributed by atoms with van der Waals surface area (Å²) in [6.07, 6.45) is 5.09. The Hall–Kier alpha value is -2.23. The third-order valence-electron chi connectivity index (χ3n) is 7.26. The van der Waals surface area contributed by atoms with Crippen LogP contribution in [0.4, 0.5) is 5.00 Å². The van der Waals surface area contributed by atoms with Gasteiger partial charge in [0, 0.05) is 46.8 Å². The first-order valence-corrected chi connectivity index (χ1v) is 15.6. The molecule has 0 saturated heterocycles. The molecular weight excluding hydrogens is 532 g/mol. The summed E-state index contributed by atoms with van der Waals surface area (Å²) in [6.45, 7) is 12.1. The van der Waals surface area contributed by atoms with Gasteiger partial charge in [0.05, 0.1) is 13.5 Å². The number of carbonyl (C=O) groups is 2. The molecule has 1 fully saturated rings. The van der Waals surface area contributed by atoms with Crippen LogP contribution < -0.4 is 4.31 Å². The van der Waals surface area contributed by atoms with Crippen molar-refractivity contribution in [3.05, 3.63) is 40.8 Å². The maximum absolute atomic E-state index is 12.8. The molecule has 2 unspecified atom stereocenters. The Morgan fingerprint density at radius 3 is 2.33 bits per heavy atom. The van der Waals surface area contributed by atoms with E-state index >= 15 is 0 Å². The third kappa shape index (κ3) is 8.14. The fourth-order valence-electron chi connectivity index (χ4n) is 5.47. The van der Waals surface area contributed by atoms with Gasteiger partial charge in [0.1, 0.15) is 5.00 Å². The molecule has 0 aliphatic heterocycles. The van der Waals surface area contributed by atoms with Crippen molar-refractivity contribution in [1.82, 2.24) is 4.90 Å². The zero-order chi connectivity index (χ0) is 28.9. The molecule has 1 amide bonds. The van der Waals surface area contributed by atoms with E-state index in [4.69, 9.17) is 4.74 Å². The van der Waals surface area contributed by atoms with E-state index in [9.17, 15) is 18.4 Å². The molecule has 1 saturated carbocycles. The minimum absolute atomic E-state index is 0.00182. The van der Waals surface area contributed by atoms with Crippen molar-refractivity contribution in [1.29, 1.82) is 0 Å². The molecule has 9 heteroatoms. The van der Waals surface area contributed by atoms with E-state index < -0.39 is 16.8 Å². The number of nitrogens with zero attached hydrogens (tertiary/aromatic N) is 2. The van der Waals surface area contributed by atoms with Crippen molar-refractivity contribution in [2.45, 2.75) is 98.2 Å². The summed E-state index contributed by atoms with van der Waals surface area (Å²) in [6, 6.07) is 10.2. The molecule has 39 heavy (non-hydrogen) atoms. The summed E-state index contributed by atoms with van der Waals surface area (Å²) in [7, 11) is 1.41. The lowest BCUT2D eigenvalue weighted by Crippen LogP contribution is -2.45. The summed E-state index contributed by atoms with van der Waals surface area (Å²) in [4.78, 5) is 27.8. The van der Waals surface area contributed by atoms with Gasteiger partial charge in [-0.15, -0.1) is 11.3 Å². The second kappa shape index (κ2) is 13.4. The second-order valence-electron chi connectivity index (χ2n) is 11.9. The Balaban J connectivity index is 1.91. The molecule has 1 aromatic heterocycles. The van der Waals surface area contributed by atoms with E-state index in [0.717, 1.165) is 58.7 Å². The van der Waals surface area contributed by atoms with Crippen LogP contribution in [-0.4, -0.2) is 44.2 Å². The lowest BCUT2D eigenvalue weighted by atomic mass is 9.81. The zero-order valence-corrected chi connectivity index (χ0v) is 26.0. The molecule has 1 heterocycles. The maximum atomic E-state index is 12.8. The molecule has 0 spiro atoms. The van der Waals surface area contributed by atoms with Crippen molar-refractivity contribution in [3.63, 3.8) is 0 Å². The largest absolute Gasteiger partial charge is 0.755 e. The van der Waals surface area contributed by atoms with Gasteiger partial charge < -0.3 is 14.2 Å². The SMILES string of the molecule is COC(=O)CC1CCCC[C@@H]1N(Cc1ccc(-c2cc(CC(C)C)sc2N(S(=O)[O-])C(C)(C)C)cc1)C(C)=O. The van der Waals surface area contributed by atoms with Crippen LogP contribution in [-0.2, 0) is 38.6 Å². The minimum atomic E-state index is -2.42. The normalized spacial score (nSPS) is 18.6. The highest BCUT2D eigenvalue weighted by Crippen LogP contribution is 2.43. The maximum Gasteiger partial charge on any atom is 0.305 e. The molecule has 2 aromatic rings. The summed E-state index contributed by atoms with van der Waals surface area (Å²) in [5.74, 6) is 0.316. The number of ether oxygens (including phenoxy) is 1.